The summed E-state index contributed by atoms with van der Waals surface area (Å²) in [6, 6.07) is 3.42. The number of carboxylic acids is 1. The number of hydrogen-bond acceptors (Lipinski definition) is 4. The zero-order valence-corrected chi connectivity index (χ0v) is 12.7. The molecule has 0 spiro atoms. The molecule has 2 N–H and O–H groups in total. The second-order valence-electron chi connectivity index (χ2n) is 4.42. The van der Waals surface area contributed by atoms with E-state index in [2.05, 4.69) is 10.3 Å². The Bertz CT molecular complexity index is 716. The molecule has 1 heterocycles. The second-order valence-corrected chi connectivity index (χ2v) is 5.91. The number of aliphatic carboxylic acids is 1. The Morgan fingerprint density at radius 1 is 1.45 bits per heavy atom. The first-order valence-corrected chi connectivity index (χ1v) is 7.18. The van der Waals surface area contributed by atoms with Gasteiger partial charge in [0, 0.05) is 10.6 Å². The Morgan fingerprint density at radius 3 is 2.73 bits per heavy atom. The fraction of sp³-hybridized carbons (Fsp3) is 0.231. The summed E-state index contributed by atoms with van der Waals surface area (Å²) in [7, 11) is 0. The van der Waals surface area contributed by atoms with Gasteiger partial charge >= 0.3 is 12.1 Å². The zero-order chi connectivity index (χ0) is 16.5. The first-order valence-electron chi connectivity index (χ1n) is 5.98. The van der Waals surface area contributed by atoms with Crippen molar-refractivity contribution in [2.75, 3.05) is 5.32 Å². The Morgan fingerprint density at radius 2 is 2.14 bits per heavy atom. The first-order chi connectivity index (χ1) is 10.2. The van der Waals surface area contributed by atoms with Crippen LogP contribution in [0.5, 0.6) is 0 Å². The van der Waals surface area contributed by atoms with Gasteiger partial charge in [-0.25, -0.2) is 4.98 Å². The van der Waals surface area contributed by atoms with Gasteiger partial charge in [-0.05, 0) is 25.1 Å². The van der Waals surface area contributed by atoms with Crippen LogP contribution in [0.15, 0.2) is 18.2 Å². The lowest BCUT2D eigenvalue weighted by molar-refractivity contribution is -0.137. The summed E-state index contributed by atoms with van der Waals surface area (Å²) in [5.41, 5.74) is -0.245. The van der Waals surface area contributed by atoms with Gasteiger partial charge in [0.1, 0.15) is 0 Å². The molecule has 118 valence electrons. The van der Waals surface area contributed by atoms with E-state index >= 15 is 0 Å². The highest BCUT2D eigenvalue weighted by Crippen LogP contribution is 2.37. The van der Waals surface area contributed by atoms with Crippen molar-refractivity contribution in [3.8, 4) is 0 Å². The molecular formula is C13H10ClF3N2O2S. The number of thiazole rings is 1. The summed E-state index contributed by atoms with van der Waals surface area (Å²) >= 11 is 6.63. The van der Waals surface area contributed by atoms with Crippen LogP contribution in [0.4, 0.5) is 24.0 Å². The number of aromatic nitrogens is 1. The quantitative estimate of drug-likeness (QED) is 0.852. The molecule has 4 nitrogen and oxygen atoms in total. The summed E-state index contributed by atoms with van der Waals surface area (Å²) in [6.45, 7) is 1.64. The van der Waals surface area contributed by atoms with Crippen molar-refractivity contribution in [1.82, 2.24) is 4.98 Å². The number of alkyl halides is 3. The van der Waals surface area contributed by atoms with Gasteiger partial charge in [0.25, 0.3) is 0 Å². The molecule has 0 aliphatic rings. The molecule has 0 fully saturated rings. The van der Waals surface area contributed by atoms with Crippen molar-refractivity contribution in [3.63, 3.8) is 0 Å². The minimum atomic E-state index is -4.55. The summed E-state index contributed by atoms with van der Waals surface area (Å²) < 4.78 is 38.4. The third-order valence-electron chi connectivity index (χ3n) is 2.73. The van der Waals surface area contributed by atoms with E-state index in [1.165, 1.54) is 6.07 Å². The van der Waals surface area contributed by atoms with Crippen molar-refractivity contribution in [2.45, 2.75) is 19.5 Å². The Kier molecular flexibility index (Phi) is 4.62. The van der Waals surface area contributed by atoms with Crippen molar-refractivity contribution < 1.29 is 23.1 Å². The normalized spacial score (nSPS) is 11.5. The number of halogens is 4. The number of nitrogens with one attached hydrogen (secondary N) is 1. The number of nitrogens with zero attached hydrogens (tertiary/aromatic N) is 1. The molecule has 2 aromatic rings. The average molecular weight is 351 g/mol. The molecule has 0 unspecified atom stereocenters. The van der Waals surface area contributed by atoms with Gasteiger partial charge in [0.05, 0.1) is 22.7 Å². The number of hydrogen-bond donors (Lipinski definition) is 2. The van der Waals surface area contributed by atoms with E-state index < -0.39 is 17.7 Å². The van der Waals surface area contributed by atoms with E-state index in [0.717, 1.165) is 23.5 Å². The molecule has 0 aliphatic carbocycles. The van der Waals surface area contributed by atoms with E-state index in [1.54, 1.807) is 6.92 Å². The van der Waals surface area contributed by atoms with Crippen LogP contribution in [0, 0.1) is 6.92 Å². The number of carbonyl (C=O) groups is 1. The molecule has 0 amide bonds. The molecule has 2 rings (SSSR count). The number of aryl methyl sites for hydroxylation is 1. The number of anilines is 2. The number of benzene rings is 1. The second kappa shape index (κ2) is 6.13. The van der Waals surface area contributed by atoms with Crippen LogP contribution < -0.4 is 5.32 Å². The fourth-order valence-corrected chi connectivity index (χ4v) is 2.93. The van der Waals surface area contributed by atoms with Crippen LogP contribution >= 0.6 is 22.9 Å². The van der Waals surface area contributed by atoms with Gasteiger partial charge in [-0.3, -0.25) is 4.79 Å². The largest absolute Gasteiger partial charge is 0.481 e. The average Bonchev–Trinajstić information content (AvgIpc) is 2.70. The third-order valence-corrected chi connectivity index (χ3v) is 4.13. The highest BCUT2D eigenvalue weighted by atomic mass is 35.5. The van der Waals surface area contributed by atoms with Crippen LogP contribution in [-0.4, -0.2) is 16.1 Å². The minimum Gasteiger partial charge on any atom is -0.481 e. The monoisotopic (exact) mass is 350 g/mol. The van der Waals surface area contributed by atoms with Crippen LogP contribution in [0.1, 0.15) is 16.1 Å². The lowest BCUT2D eigenvalue weighted by atomic mass is 10.2. The van der Waals surface area contributed by atoms with Gasteiger partial charge in [-0.2, -0.15) is 13.2 Å². The van der Waals surface area contributed by atoms with E-state index in [4.69, 9.17) is 16.7 Å². The molecule has 0 radical (unpaired) electrons. The lowest BCUT2D eigenvalue weighted by Crippen LogP contribution is -2.06. The van der Waals surface area contributed by atoms with Crippen molar-refractivity contribution in [3.05, 3.63) is 39.4 Å². The molecule has 1 aromatic carbocycles. The van der Waals surface area contributed by atoms with Gasteiger partial charge in [-0.15, -0.1) is 11.3 Å². The third kappa shape index (κ3) is 3.89. The van der Waals surface area contributed by atoms with Gasteiger partial charge < -0.3 is 10.4 Å². The maximum absolute atomic E-state index is 12.8. The maximum Gasteiger partial charge on any atom is 0.417 e. The van der Waals surface area contributed by atoms with E-state index in [1.807, 2.05) is 0 Å². The van der Waals surface area contributed by atoms with Crippen LogP contribution in [0.2, 0.25) is 5.02 Å². The predicted octanol–water partition coefficient (Wildman–Crippen LogP) is 4.49. The topological polar surface area (TPSA) is 62.2 Å². The van der Waals surface area contributed by atoms with Crippen molar-refractivity contribution in [2.24, 2.45) is 0 Å². The smallest absolute Gasteiger partial charge is 0.417 e. The van der Waals surface area contributed by atoms with Crippen LogP contribution in [0.25, 0.3) is 0 Å². The number of rotatable bonds is 4. The Balaban J connectivity index is 2.26. The molecule has 0 saturated carbocycles. The summed E-state index contributed by atoms with van der Waals surface area (Å²) in [6.07, 6.45) is -4.73. The molecular weight excluding hydrogens is 341 g/mol. The highest BCUT2D eigenvalue weighted by Gasteiger charge is 2.33. The molecule has 1 aromatic heterocycles. The lowest BCUT2D eigenvalue weighted by Gasteiger charge is -2.11. The molecule has 0 atom stereocenters. The van der Waals surface area contributed by atoms with Gasteiger partial charge in [-0.1, -0.05) is 11.6 Å². The Hall–Kier alpha value is -1.80. The standard InChI is InChI=1S/C13H10ClF3N2O2S/c1-6-10(5-11(20)21)22-12(18-6)19-7-2-3-9(14)8(4-7)13(15,16)17/h2-4H,5H2,1H3,(H,18,19)(H,20,21). The van der Waals surface area contributed by atoms with Crippen LogP contribution in [-0.2, 0) is 17.4 Å². The zero-order valence-electron chi connectivity index (χ0n) is 11.2. The Labute approximate surface area is 132 Å². The SMILES string of the molecule is Cc1nc(Nc2ccc(Cl)c(C(F)(F)F)c2)sc1CC(=O)O. The molecule has 0 saturated heterocycles. The van der Waals surface area contributed by atoms with E-state index in [-0.39, 0.29) is 17.1 Å². The van der Waals surface area contributed by atoms with Gasteiger partial charge in [0.2, 0.25) is 0 Å². The van der Waals surface area contributed by atoms with Crippen molar-refractivity contribution in [1.29, 1.82) is 0 Å². The highest BCUT2D eigenvalue weighted by molar-refractivity contribution is 7.15. The summed E-state index contributed by atoms with van der Waals surface area (Å²) in [5, 5.41) is 11.4. The molecule has 0 bridgehead atoms. The summed E-state index contributed by atoms with van der Waals surface area (Å²) in [5.74, 6) is -0.996. The first kappa shape index (κ1) is 16.6. The van der Waals surface area contributed by atoms with E-state index in [9.17, 15) is 18.0 Å². The number of carboxylic acid groups (broad SMARTS) is 1. The molecule has 0 aliphatic heterocycles. The van der Waals surface area contributed by atoms with Crippen LogP contribution in [0.3, 0.4) is 0 Å². The predicted molar refractivity (Wildman–Crippen MR) is 77.9 cm³/mol. The maximum atomic E-state index is 12.8. The summed E-state index contributed by atoms with van der Waals surface area (Å²) in [4.78, 5) is 15.3. The van der Waals surface area contributed by atoms with Gasteiger partial charge in [0.15, 0.2) is 5.13 Å². The molecule has 22 heavy (non-hydrogen) atoms. The fourth-order valence-electron chi connectivity index (χ4n) is 1.73. The van der Waals surface area contributed by atoms with Crippen molar-refractivity contribution >= 4 is 39.7 Å². The minimum absolute atomic E-state index is 0.173. The molecule has 9 heteroatoms. The van der Waals surface area contributed by atoms with E-state index in [0.29, 0.717) is 15.7 Å².